The Morgan fingerprint density at radius 3 is 1.81 bits per heavy atom. The fourth-order valence-corrected chi connectivity index (χ4v) is 6.20. The standard InChI is InChI=1S/C44H58FN3O11/c1-28-11-13-36-34(21-28)31(27-48(36)40(52)58-43(5,6)7)24-32(49)23-29(38(50)46-16-18-55-20-19-54-17-15-45)22-30-26-47(39(51)57-42(2,3)4)37-14-12-33(25-35(30)37)56-41(53)59-44(8,9)10/h11-14,21,25-27,29H,15-20,22-24H2,1-10H3,(H,46,50)/t29-/m1/s1/i45-1. The van der Waals surface area contributed by atoms with E-state index in [0.29, 0.717) is 32.9 Å². The zero-order chi connectivity index (χ0) is 43.7. The molecule has 0 saturated carbocycles. The number of ketones is 1. The second-order valence-electron chi connectivity index (χ2n) is 17.3. The lowest BCUT2D eigenvalue weighted by Gasteiger charge is -2.20. The molecule has 1 atom stereocenters. The van der Waals surface area contributed by atoms with Crippen molar-refractivity contribution in [3.05, 3.63) is 65.5 Å². The third-order valence-corrected chi connectivity index (χ3v) is 8.51. The van der Waals surface area contributed by atoms with Crippen molar-refractivity contribution in [1.29, 1.82) is 0 Å². The van der Waals surface area contributed by atoms with E-state index in [9.17, 15) is 28.4 Å². The summed E-state index contributed by atoms with van der Waals surface area (Å²) in [5, 5.41) is 4.04. The fraction of sp³-hybridized carbons (Fsp3) is 0.523. The van der Waals surface area contributed by atoms with Gasteiger partial charge in [0.15, 0.2) is 0 Å². The van der Waals surface area contributed by atoms with Gasteiger partial charge in [-0.2, -0.15) is 0 Å². The lowest BCUT2D eigenvalue weighted by atomic mass is 9.91. The van der Waals surface area contributed by atoms with E-state index in [1.54, 1.807) is 92.9 Å². The molecule has 4 aromatic rings. The summed E-state index contributed by atoms with van der Waals surface area (Å²) in [6.07, 6.45) is 0.671. The van der Waals surface area contributed by atoms with Crippen LogP contribution in [0, 0.1) is 12.8 Å². The average Bonchev–Trinajstić information content (AvgIpc) is 3.64. The number of alkyl halides is 1. The topological polar surface area (TPSA) is 163 Å². The predicted molar refractivity (Wildman–Crippen MR) is 220 cm³/mol. The van der Waals surface area contributed by atoms with Crippen LogP contribution in [0.2, 0.25) is 0 Å². The van der Waals surface area contributed by atoms with Crippen LogP contribution in [0.15, 0.2) is 48.8 Å². The van der Waals surface area contributed by atoms with Crippen molar-refractivity contribution < 1.29 is 56.8 Å². The maximum atomic E-state index is 14.1. The number of nitrogens with zero attached hydrogens (tertiary/aromatic N) is 2. The lowest BCUT2D eigenvalue weighted by molar-refractivity contribution is -0.129. The molecule has 0 aliphatic carbocycles. The molecule has 1 N–H and O–H groups in total. The first-order valence-electron chi connectivity index (χ1n) is 19.7. The molecule has 0 aliphatic rings. The monoisotopic (exact) mass is 822 g/mol. The van der Waals surface area contributed by atoms with E-state index >= 15 is 0 Å². The summed E-state index contributed by atoms with van der Waals surface area (Å²) in [7, 11) is 0. The maximum Gasteiger partial charge on any atom is 0.514 e. The Labute approximate surface area is 344 Å². The van der Waals surface area contributed by atoms with Crippen molar-refractivity contribution in [2.24, 2.45) is 5.92 Å². The van der Waals surface area contributed by atoms with Gasteiger partial charge < -0.3 is 33.7 Å². The first-order chi connectivity index (χ1) is 27.5. The minimum Gasteiger partial charge on any atom is -0.443 e. The summed E-state index contributed by atoms with van der Waals surface area (Å²) in [5.41, 5.74) is 0.642. The van der Waals surface area contributed by atoms with Gasteiger partial charge in [0.25, 0.3) is 0 Å². The molecule has 1 amide bonds. The summed E-state index contributed by atoms with van der Waals surface area (Å²) >= 11 is 0. The number of aryl methyl sites for hydroxylation is 1. The molecule has 14 nitrogen and oxygen atoms in total. The molecule has 2 aromatic carbocycles. The van der Waals surface area contributed by atoms with E-state index in [0.717, 1.165) is 5.56 Å². The summed E-state index contributed by atoms with van der Waals surface area (Å²) in [5.74, 6) is -1.52. The molecule has 0 aliphatic heterocycles. The van der Waals surface area contributed by atoms with E-state index < -0.39 is 53.6 Å². The first kappa shape index (κ1) is 46.4. The van der Waals surface area contributed by atoms with Crippen LogP contribution >= 0.6 is 0 Å². The van der Waals surface area contributed by atoms with Crippen molar-refractivity contribution >= 4 is 51.8 Å². The van der Waals surface area contributed by atoms with Crippen molar-refractivity contribution in [3.8, 4) is 5.75 Å². The molecule has 4 rings (SSSR count). The Hall–Kier alpha value is -5.28. The number of halogens is 1. The van der Waals surface area contributed by atoms with Gasteiger partial charge in [0.2, 0.25) is 5.91 Å². The van der Waals surface area contributed by atoms with Crippen molar-refractivity contribution in [3.63, 3.8) is 0 Å². The number of nitrogens with one attached hydrogen (secondary N) is 1. The van der Waals surface area contributed by atoms with Gasteiger partial charge in [-0.3, -0.25) is 18.7 Å². The zero-order valence-electron chi connectivity index (χ0n) is 35.8. The van der Waals surface area contributed by atoms with Crippen LogP contribution in [-0.4, -0.2) is 95.6 Å². The van der Waals surface area contributed by atoms with E-state index in [1.807, 2.05) is 19.1 Å². The molecule has 0 radical (unpaired) electrons. The number of rotatable bonds is 16. The van der Waals surface area contributed by atoms with Gasteiger partial charge >= 0.3 is 18.3 Å². The highest BCUT2D eigenvalue weighted by atomic mass is 18.2. The molecular weight excluding hydrogens is 764 g/mol. The smallest absolute Gasteiger partial charge is 0.443 e. The van der Waals surface area contributed by atoms with Gasteiger partial charge in [0.05, 0.1) is 37.5 Å². The van der Waals surface area contributed by atoms with Crippen molar-refractivity contribution in [1.82, 2.24) is 14.5 Å². The van der Waals surface area contributed by atoms with Crippen molar-refractivity contribution in [2.75, 3.05) is 39.6 Å². The number of hydrogen-bond acceptors (Lipinski definition) is 11. The van der Waals surface area contributed by atoms with Crippen LogP contribution in [0.4, 0.5) is 18.8 Å². The molecule has 2 aromatic heterocycles. The van der Waals surface area contributed by atoms with E-state index in [-0.39, 0.29) is 63.8 Å². The Kier molecular flexibility index (Phi) is 15.5. The van der Waals surface area contributed by atoms with Gasteiger partial charge in [-0.15, -0.1) is 0 Å². The van der Waals surface area contributed by atoms with Crippen LogP contribution in [0.3, 0.4) is 0 Å². The number of hydrogen-bond donors (Lipinski definition) is 1. The highest BCUT2D eigenvalue weighted by molar-refractivity contribution is 5.97. The van der Waals surface area contributed by atoms with Gasteiger partial charge in [0, 0.05) is 48.5 Å². The highest BCUT2D eigenvalue weighted by Gasteiger charge is 2.29. The molecule has 0 bridgehead atoms. The molecular formula is C44H58FN3O11. The molecule has 59 heavy (non-hydrogen) atoms. The number of amides is 1. The second-order valence-corrected chi connectivity index (χ2v) is 17.3. The Bertz CT molecular complexity index is 2130. The molecule has 2 heterocycles. The molecule has 0 unspecified atom stereocenters. The lowest BCUT2D eigenvalue weighted by Crippen LogP contribution is -2.35. The highest BCUT2D eigenvalue weighted by Crippen LogP contribution is 2.31. The number of carbonyl (C=O) groups is 5. The largest absolute Gasteiger partial charge is 0.514 e. The number of Topliss-reactive ketones (excluding diaryl/α,β-unsaturated/α-hetero) is 1. The van der Waals surface area contributed by atoms with Crippen molar-refractivity contribution in [2.45, 2.75) is 105 Å². The molecule has 0 saturated heterocycles. The zero-order valence-corrected chi connectivity index (χ0v) is 35.8. The predicted octanol–water partition coefficient (Wildman–Crippen LogP) is 8.26. The minimum atomic E-state index is -0.940. The van der Waals surface area contributed by atoms with Crippen LogP contribution in [0.25, 0.3) is 21.8 Å². The van der Waals surface area contributed by atoms with Crippen LogP contribution in [-0.2, 0) is 46.1 Å². The van der Waals surface area contributed by atoms with Crippen LogP contribution in [0.1, 0.15) is 85.4 Å². The Balaban J connectivity index is 1.68. The second kappa shape index (κ2) is 19.6. The number of fused-ring (bicyclic) bond motifs is 2. The number of ether oxygens (including phenoxy) is 6. The molecule has 0 fully saturated rings. The molecule has 0 spiro atoms. The summed E-state index contributed by atoms with van der Waals surface area (Å²) in [6, 6.07) is 10.2. The number of aromatic nitrogens is 2. The van der Waals surface area contributed by atoms with E-state index in [4.69, 9.17) is 28.4 Å². The van der Waals surface area contributed by atoms with Gasteiger partial charge in [-0.25, -0.2) is 18.8 Å². The third-order valence-electron chi connectivity index (χ3n) is 8.51. The number of benzene rings is 2. The van der Waals surface area contributed by atoms with Gasteiger partial charge in [-0.05, 0) is 117 Å². The van der Waals surface area contributed by atoms with Crippen LogP contribution in [0.5, 0.6) is 5.75 Å². The third kappa shape index (κ3) is 14.2. The van der Waals surface area contributed by atoms with Gasteiger partial charge in [0.1, 0.15) is 35.0 Å². The maximum absolute atomic E-state index is 14.1. The van der Waals surface area contributed by atoms with E-state index in [1.165, 1.54) is 15.2 Å². The number of carbonyl (C=O) groups excluding carboxylic acids is 5. The SMILES string of the molecule is Cc1ccc2c(c1)c(CC(=O)C[C@@H](Cc1cn(C(=O)OC(C)(C)C)c3ccc(OC(=O)OC(C)(C)C)cc13)C(=O)NCCOCCOCC[18F])cn2C(=O)OC(C)(C)C. The quantitative estimate of drug-likeness (QED) is 0.0501. The summed E-state index contributed by atoms with van der Waals surface area (Å²) < 4.78 is 47.8. The van der Waals surface area contributed by atoms with Gasteiger partial charge in [-0.1, -0.05) is 11.6 Å². The Morgan fingerprint density at radius 2 is 1.24 bits per heavy atom. The minimum absolute atomic E-state index is 0.00351. The summed E-state index contributed by atoms with van der Waals surface area (Å²) in [6.45, 7) is 17.6. The molecule has 322 valence electrons. The Morgan fingerprint density at radius 1 is 0.695 bits per heavy atom. The molecule has 15 heteroatoms. The van der Waals surface area contributed by atoms with Crippen LogP contribution < -0.4 is 10.1 Å². The first-order valence-corrected chi connectivity index (χ1v) is 19.7. The normalized spacial score (nSPS) is 12.7. The van der Waals surface area contributed by atoms with E-state index in [2.05, 4.69) is 5.32 Å². The summed E-state index contributed by atoms with van der Waals surface area (Å²) in [4.78, 5) is 67.3. The fourth-order valence-electron chi connectivity index (χ4n) is 6.20. The average molecular weight is 823 g/mol.